The third-order valence-electron chi connectivity index (χ3n) is 4.70. The minimum Gasteiger partial charge on any atom is -0.441 e. The van der Waals surface area contributed by atoms with E-state index >= 15 is 0 Å². The number of oxazole rings is 1. The largest absolute Gasteiger partial charge is 0.441 e. The Hall–Kier alpha value is -2.14. The zero-order chi connectivity index (χ0) is 17.6. The van der Waals surface area contributed by atoms with Crippen molar-refractivity contribution in [1.82, 2.24) is 15.2 Å². The zero-order valence-corrected chi connectivity index (χ0v) is 15.1. The van der Waals surface area contributed by atoms with Gasteiger partial charge in [0, 0.05) is 37.5 Å². The molecule has 1 amide bonds. The maximum Gasteiger partial charge on any atom is 0.223 e. The monoisotopic (exact) mass is 341 g/mol. The molecule has 2 aromatic rings. The van der Waals surface area contributed by atoms with E-state index in [1.165, 1.54) is 5.56 Å². The standard InChI is InChI=1S/C20H27N3O2/c1-3-12-23(17-10-11-21-13-17)20(24)9-8-19-22-14-18(25-19)16-6-4-15(2)5-7-16/h4-7,14,17,21H,3,8-13H2,1-2H3. The number of carbonyl (C=O) groups excluding carboxylic acids is 1. The molecule has 3 rings (SSSR count). The van der Waals surface area contributed by atoms with Crippen molar-refractivity contribution in [2.45, 2.75) is 45.6 Å². The van der Waals surface area contributed by atoms with E-state index in [4.69, 9.17) is 4.42 Å². The summed E-state index contributed by atoms with van der Waals surface area (Å²) in [5.74, 6) is 1.59. The molecule has 1 aromatic heterocycles. The van der Waals surface area contributed by atoms with E-state index in [-0.39, 0.29) is 5.91 Å². The Morgan fingerprint density at radius 1 is 1.36 bits per heavy atom. The fraction of sp³-hybridized carbons (Fsp3) is 0.500. The number of rotatable bonds is 7. The SMILES string of the molecule is CCCN(C(=O)CCc1ncc(-c2ccc(C)cc2)o1)C1CCNC1. The second-order valence-corrected chi connectivity index (χ2v) is 6.72. The molecule has 1 saturated heterocycles. The first kappa shape index (κ1) is 17.7. The van der Waals surface area contributed by atoms with Gasteiger partial charge in [-0.3, -0.25) is 4.79 Å². The van der Waals surface area contributed by atoms with Gasteiger partial charge in [-0.15, -0.1) is 0 Å². The van der Waals surface area contributed by atoms with Crippen LogP contribution in [0.1, 0.15) is 37.6 Å². The van der Waals surface area contributed by atoms with E-state index in [0.29, 0.717) is 24.8 Å². The molecule has 0 aliphatic carbocycles. The van der Waals surface area contributed by atoms with Crippen LogP contribution in [-0.2, 0) is 11.2 Å². The number of hydrogen-bond acceptors (Lipinski definition) is 4. The third kappa shape index (κ3) is 4.48. The summed E-state index contributed by atoms with van der Waals surface area (Å²) in [6, 6.07) is 8.50. The summed E-state index contributed by atoms with van der Waals surface area (Å²) in [7, 11) is 0. The summed E-state index contributed by atoms with van der Waals surface area (Å²) >= 11 is 0. The van der Waals surface area contributed by atoms with Gasteiger partial charge in [-0.05, 0) is 26.3 Å². The van der Waals surface area contributed by atoms with Crippen LogP contribution in [0.15, 0.2) is 34.9 Å². The Labute approximate surface area is 149 Å². The van der Waals surface area contributed by atoms with Crippen molar-refractivity contribution in [3.05, 3.63) is 41.9 Å². The third-order valence-corrected chi connectivity index (χ3v) is 4.70. The van der Waals surface area contributed by atoms with Gasteiger partial charge in [0.1, 0.15) is 0 Å². The fourth-order valence-corrected chi connectivity index (χ4v) is 3.29. The second kappa shape index (κ2) is 8.30. The highest BCUT2D eigenvalue weighted by Gasteiger charge is 2.25. The molecule has 1 N–H and O–H groups in total. The Balaban J connectivity index is 1.59. The molecule has 0 spiro atoms. The fourth-order valence-electron chi connectivity index (χ4n) is 3.29. The summed E-state index contributed by atoms with van der Waals surface area (Å²) < 4.78 is 5.83. The van der Waals surface area contributed by atoms with Gasteiger partial charge in [0.15, 0.2) is 11.7 Å². The average Bonchev–Trinajstić information content (AvgIpc) is 3.30. The lowest BCUT2D eigenvalue weighted by molar-refractivity contribution is -0.133. The van der Waals surface area contributed by atoms with E-state index in [1.807, 2.05) is 17.0 Å². The molecule has 0 bridgehead atoms. The molecule has 1 atom stereocenters. The first-order valence-electron chi connectivity index (χ1n) is 9.19. The van der Waals surface area contributed by atoms with Gasteiger partial charge in [-0.2, -0.15) is 0 Å². The van der Waals surface area contributed by atoms with Crippen molar-refractivity contribution in [1.29, 1.82) is 0 Å². The minimum atomic E-state index is 0.200. The Bertz CT molecular complexity index is 687. The number of amides is 1. The molecule has 25 heavy (non-hydrogen) atoms. The molecule has 5 heteroatoms. The van der Waals surface area contributed by atoms with E-state index in [1.54, 1.807) is 6.20 Å². The Kier molecular flexibility index (Phi) is 5.87. The highest BCUT2D eigenvalue weighted by Crippen LogP contribution is 2.21. The van der Waals surface area contributed by atoms with Crippen LogP contribution in [0.25, 0.3) is 11.3 Å². The number of nitrogens with one attached hydrogen (secondary N) is 1. The van der Waals surface area contributed by atoms with Crippen LogP contribution in [-0.4, -0.2) is 41.5 Å². The van der Waals surface area contributed by atoms with E-state index in [9.17, 15) is 4.79 Å². The molecule has 134 valence electrons. The van der Waals surface area contributed by atoms with Crippen molar-refractivity contribution in [3.8, 4) is 11.3 Å². The highest BCUT2D eigenvalue weighted by atomic mass is 16.4. The van der Waals surface area contributed by atoms with Gasteiger partial charge in [0.25, 0.3) is 0 Å². The van der Waals surface area contributed by atoms with Gasteiger partial charge in [0.2, 0.25) is 5.91 Å². The molecule has 1 unspecified atom stereocenters. The van der Waals surface area contributed by atoms with Crippen LogP contribution in [0.3, 0.4) is 0 Å². The maximum atomic E-state index is 12.6. The Morgan fingerprint density at radius 3 is 2.84 bits per heavy atom. The summed E-state index contributed by atoms with van der Waals surface area (Å²) in [5, 5.41) is 3.34. The predicted octanol–water partition coefficient (Wildman–Crippen LogP) is 3.18. The van der Waals surface area contributed by atoms with E-state index in [0.717, 1.165) is 43.8 Å². The average molecular weight is 341 g/mol. The molecular formula is C20H27N3O2. The predicted molar refractivity (Wildman–Crippen MR) is 98.3 cm³/mol. The van der Waals surface area contributed by atoms with Crippen LogP contribution in [0.2, 0.25) is 0 Å². The summed E-state index contributed by atoms with van der Waals surface area (Å²) in [5.41, 5.74) is 2.23. The zero-order valence-electron chi connectivity index (χ0n) is 15.1. The molecule has 0 saturated carbocycles. The summed E-state index contributed by atoms with van der Waals surface area (Å²) in [6.07, 6.45) is 4.77. The number of nitrogens with zero attached hydrogens (tertiary/aromatic N) is 2. The lowest BCUT2D eigenvalue weighted by atomic mass is 10.1. The second-order valence-electron chi connectivity index (χ2n) is 6.72. The molecular weight excluding hydrogens is 314 g/mol. The smallest absolute Gasteiger partial charge is 0.223 e. The minimum absolute atomic E-state index is 0.200. The van der Waals surface area contributed by atoms with Crippen molar-refractivity contribution < 1.29 is 9.21 Å². The van der Waals surface area contributed by atoms with Gasteiger partial charge >= 0.3 is 0 Å². The number of carbonyl (C=O) groups is 1. The van der Waals surface area contributed by atoms with Crippen LogP contribution in [0, 0.1) is 6.92 Å². The van der Waals surface area contributed by atoms with Crippen molar-refractivity contribution in [3.63, 3.8) is 0 Å². The lowest BCUT2D eigenvalue weighted by Gasteiger charge is -2.28. The van der Waals surface area contributed by atoms with Crippen molar-refractivity contribution in [2.75, 3.05) is 19.6 Å². The number of hydrogen-bond donors (Lipinski definition) is 1. The normalized spacial score (nSPS) is 17.0. The lowest BCUT2D eigenvalue weighted by Crippen LogP contribution is -2.42. The molecule has 1 aromatic carbocycles. The molecule has 0 radical (unpaired) electrons. The van der Waals surface area contributed by atoms with Gasteiger partial charge in [-0.25, -0.2) is 4.98 Å². The van der Waals surface area contributed by atoms with Crippen LogP contribution in [0.4, 0.5) is 0 Å². The van der Waals surface area contributed by atoms with E-state index in [2.05, 4.69) is 36.3 Å². The van der Waals surface area contributed by atoms with Crippen LogP contribution >= 0.6 is 0 Å². The summed E-state index contributed by atoms with van der Waals surface area (Å²) in [4.78, 5) is 19.0. The van der Waals surface area contributed by atoms with Crippen molar-refractivity contribution >= 4 is 5.91 Å². The van der Waals surface area contributed by atoms with Gasteiger partial charge in [-0.1, -0.05) is 36.8 Å². The molecule has 1 fully saturated rings. The van der Waals surface area contributed by atoms with Gasteiger partial charge in [0.05, 0.1) is 6.20 Å². The quantitative estimate of drug-likeness (QED) is 0.840. The topological polar surface area (TPSA) is 58.4 Å². The van der Waals surface area contributed by atoms with Crippen LogP contribution in [0.5, 0.6) is 0 Å². The molecule has 1 aliphatic heterocycles. The summed E-state index contributed by atoms with van der Waals surface area (Å²) in [6.45, 7) is 6.90. The van der Waals surface area contributed by atoms with Crippen molar-refractivity contribution in [2.24, 2.45) is 0 Å². The maximum absolute atomic E-state index is 12.6. The van der Waals surface area contributed by atoms with E-state index < -0.39 is 0 Å². The number of aryl methyl sites for hydroxylation is 2. The van der Waals surface area contributed by atoms with Crippen LogP contribution < -0.4 is 5.32 Å². The Morgan fingerprint density at radius 2 is 2.16 bits per heavy atom. The first-order valence-corrected chi connectivity index (χ1v) is 9.19. The number of aromatic nitrogens is 1. The first-order chi connectivity index (χ1) is 12.2. The van der Waals surface area contributed by atoms with Gasteiger partial charge < -0.3 is 14.6 Å². The molecule has 1 aliphatic rings. The molecule has 5 nitrogen and oxygen atoms in total. The highest BCUT2D eigenvalue weighted by molar-refractivity contribution is 5.76. The number of benzene rings is 1. The molecule has 2 heterocycles.